The second-order valence-corrected chi connectivity index (χ2v) is 30.1. The van der Waals surface area contributed by atoms with Crippen molar-refractivity contribution in [3.63, 3.8) is 0 Å². The fourth-order valence-electron chi connectivity index (χ4n) is 14.8. The molecule has 125 heavy (non-hydrogen) atoms. The predicted molar refractivity (Wildman–Crippen MR) is 497 cm³/mol. The SMILES string of the molecule is CC(=O)C=C(C)O.[Ir].[Ir].[Ir].[Ir].[Ir].[c-]1ccc2c(sc3ccccc32)c1-c1ccccn1.[c-]1ccc2c(sc3ccccc32)c1-c1ccccn1.[c-]1cccc2c1c1nc3ccccc3n1c1ccccc21.[c-]1ccccc1-c1ccccn1.[c-]1ccccc1-c1nc2ccccc2n1-c1ccccc1.[c-]1ccccc1C1=NC2C=CC=CC2N1c1ccccc1. The van der Waals surface area contributed by atoms with Gasteiger partial charge < -0.3 is 38.9 Å². The number of amidine groups is 1. The van der Waals surface area contributed by atoms with Crippen molar-refractivity contribution in [2.24, 2.45) is 4.99 Å². The minimum Gasteiger partial charge on any atom is -0.512 e. The Kier molecular flexibility index (Phi) is 32.9. The number of aromatic nitrogens is 7. The molecule has 9 heterocycles. The van der Waals surface area contributed by atoms with Gasteiger partial charge in [-0.15, -0.1) is 185 Å². The van der Waals surface area contributed by atoms with Crippen LogP contribution in [0, 0.1) is 36.4 Å². The van der Waals surface area contributed by atoms with Gasteiger partial charge in [0.1, 0.15) is 0 Å². The van der Waals surface area contributed by atoms with Crippen molar-refractivity contribution >= 4 is 130 Å². The van der Waals surface area contributed by atoms with Gasteiger partial charge in [0.2, 0.25) is 0 Å². The van der Waals surface area contributed by atoms with E-state index >= 15 is 0 Å². The molecule has 2 atom stereocenters. The first-order valence-electron chi connectivity index (χ1n) is 39.3. The minimum atomic E-state index is -0.125. The number of aliphatic hydroxyl groups excluding tert-OH is 1. The van der Waals surface area contributed by atoms with E-state index in [-0.39, 0.29) is 124 Å². The van der Waals surface area contributed by atoms with Crippen molar-refractivity contribution in [1.29, 1.82) is 0 Å². The summed E-state index contributed by atoms with van der Waals surface area (Å²) in [5.41, 5.74) is 16.9. The van der Waals surface area contributed by atoms with Gasteiger partial charge in [-0.1, -0.05) is 192 Å². The van der Waals surface area contributed by atoms with Gasteiger partial charge in [0.05, 0.1) is 57.2 Å². The summed E-state index contributed by atoms with van der Waals surface area (Å²) in [6, 6.07) is 139. The van der Waals surface area contributed by atoms with Crippen LogP contribution in [0.15, 0.2) is 412 Å². The Balaban J connectivity index is 0.000000134. The number of hydrogen-bond acceptors (Lipinski definition) is 11. The van der Waals surface area contributed by atoms with Crippen LogP contribution in [0.4, 0.5) is 5.69 Å². The molecule has 0 fully saturated rings. The van der Waals surface area contributed by atoms with E-state index in [1.807, 2.05) is 229 Å². The molecule has 11 nitrogen and oxygen atoms in total. The number of aliphatic hydroxyl groups is 1. The number of anilines is 1. The van der Waals surface area contributed by atoms with E-state index in [0.717, 1.165) is 95.3 Å². The molecule has 23 rings (SSSR count). The number of nitrogens with zero attached hydrogens (tertiary/aromatic N) is 9. The topological polar surface area (TPSA) is 127 Å². The van der Waals surface area contributed by atoms with Crippen LogP contribution in [0.25, 0.3) is 141 Å². The van der Waals surface area contributed by atoms with Crippen LogP contribution in [0.2, 0.25) is 0 Å². The molecule has 13 aromatic carbocycles. The number of benzene rings is 13. The van der Waals surface area contributed by atoms with Gasteiger partial charge in [-0.05, 0) is 141 Å². The van der Waals surface area contributed by atoms with Crippen LogP contribution in [0.1, 0.15) is 19.4 Å². The fourth-order valence-corrected chi connectivity index (χ4v) is 17.2. The standard InChI is InChI=1S/C19H11N2.C19H15N2.C19H13N2.2C17H10NS.C11H8N.C5H8O2.5Ir/c1-2-9-15-13(7-1)14-8-3-5-11-17(14)21-18-12-6-4-10-16(18)20-19(15)21;2*1-3-9-15(10-4-1)19-20-17-13-7-8-14-18(17)21(19)16-11-5-2-6-12-16;2*1-2-10-16-12(6-1)13-7-5-8-14(17(13)19-16)15-9-3-4-11-18-15;1-2-6-10(7-3-1)11-8-4-5-9-12-11;1-4(6)3-5(2)7;;;;;/h1-8,10-12H;1-9,11-14,17-18H;1-9,11-14H;2*1-7,9-11H;1-6,8-9H;3,6H,1-2H3;;;;;/q6*-1;;;;;;. The largest absolute Gasteiger partial charge is 0.512 e. The van der Waals surface area contributed by atoms with E-state index in [0.29, 0.717) is 0 Å². The minimum absolute atomic E-state index is 0. The van der Waals surface area contributed by atoms with Gasteiger partial charge in [-0.2, -0.15) is 22.7 Å². The maximum Gasteiger partial charge on any atom is 0.155 e. The number of thiophene rings is 2. The molecular weight excluding hydrogens is 2470 g/mol. The van der Waals surface area contributed by atoms with Crippen molar-refractivity contribution in [3.8, 4) is 50.8 Å². The molecule has 2 unspecified atom stereocenters. The number of pyridine rings is 4. The van der Waals surface area contributed by atoms with Crippen LogP contribution in [0.3, 0.4) is 0 Å². The third kappa shape index (κ3) is 21.2. The summed E-state index contributed by atoms with van der Waals surface area (Å²) < 4.78 is 9.58. The summed E-state index contributed by atoms with van der Waals surface area (Å²) in [6.45, 7) is 2.85. The van der Waals surface area contributed by atoms with Crippen LogP contribution in [-0.2, 0) is 105 Å². The number of ketones is 1. The molecule has 1 N–H and O–H groups in total. The molecule has 8 aromatic heterocycles. The number of imidazole rings is 2. The number of rotatable bonds is 8. The quantitative estimate of drug-likeness (QED) is 0.0690. The summed E-state index contributed by atoms with van der Waals surface area (Å²) in [6.07, 6.45) is 15.2. The van der Waals surface area contributed by atoms with E-state index in [2.05, 4.69) is 247 Å². The van der Waals surface area contributed by atoms with Gasteiger partial charge in [0.15, 0.2) is 5.78 Å². The molecule has 623 valence electrons. The number of aliphatic imine (C=N–C) groups is 1. The summed E-state index contributed by atoms with van der Waals surface area (Å²) in [5, 5.41) is 17.1. The molecule has 2 aliphatic rings. The van der Waals surface area contributed by atoms with E-state index in [9.17, 15) is 4.79 Å². The first-order valence-corrected chi connectivity index (χ1v) is 40.9. The Morgan fingerprint density at radius 1 is 0.384 bits per heavy atom. The van der Waals surface area contributed by atoms with Crippen LogP contribution >= 0.6 is 22.7 Å². The van der Waals surface area contributed by atoms with Gasteiger partial charge >= 0.3 is 0 Å². The summed E-state index contributed by atoms with van der Waals surface area (Å²) >= 11 is 3.62. The fraction of sp³-hybridized carbons (Fsp3) is 0.0374. The molecule has 0 amide bonds. The van der Waals surface area contributed by atoms with Crippen LogP contribution in [0.5, 0.6) is 0 Å². The van der Waals surface area contributed by atoms with Crippen molar-refractivity contribution < 1.29 is 110 Å². The van der Waals surface area contributed by atoms with Crippen molar-refractivity contribution in [3.05, 3.63) is 449 Å². The third-order valence-electron chi connectivity index (χ3n) is 20.0. The second-order valence-electron chi connectivity index (χ2n) is 28.0. The molecular formula is C107H75Ir5N9O2S2-6. The Morgan fingerprint density at radius 2 is 0.840 bits per heavy atom. The maximum absolute atomic E-state index is 10.0. The average Bonchev–Trinajstić information content (AvgIpc) is 1.60. The van der Waals surface area contributed by atoms with E-state index < -0.39 is 0 Å². The Hall–Kier alpha value is -11.9. The molecule has 1 aliphatic carbocycles. The summed E-state index contributed by atoms with van der Waals surface area (Å²) in [5.74, 6) is 1.85. The van der Waals surface area contributed by atoms with Gasteiger partial charge in [-0.25, -0.2) is 0 Å². The number of fused-ring (bicyclic) bond motifs is 16. The third-order valence-corrected chi connectivity index (χ3v) is 22.4. The zero-order valence-electron chi connectivity index (χ0n) is 67.1. The first kappa shape index (κ1) is 92.3. The smallest absolute Gasteiger partial charge is 0.155 e. The molecule has 0 saturated carbocycles. The van der Waals surface area contributed by atoms with Crippen LogP contribution in [-0.4, -0.2) is 62.7 Å². The number of hydrogen-bond donors (Lipinski definition) is 1. The van der Waals surface area contributed by atoms with E-state index in [1.165, 1.54) is 82.2 Å². The van der Waals surface area contributed by atoms with Crippen molar-refractivity contribution in [1.82, 2.24) is 33.9 Å². The zero-order chi connectivity index (χ0) is 81.4. The van der Waals surface area contributed by atoms with Gasteiger partial charge in [0.25, 0.3) is 0 Å². The van der Waals surface area contributed by atoms with E-state index in [4.69, 9.17) is 20.1 Å². The Labute approximate surface area is 801 Å². The molecule has 0 bridgehead atoms. The molecule has 21 aromatic rings. The molecule has 1 aliphatic heterocycles. The molecule has 5 radical (unpaired) electrons. The summed E-state index contributed by atoms with van der Waals surface area (Å²) in [4.78, 5) is 40.0. The monoisotopic (exact) mass is 2550 g/mol. The molecule has 18 heteroatoms. The summed E-state index contributed by atoms with van der Waals surface area (Å²) in [7, 11) is 0. The van der Waals surface area contributed by atoms with Crippen LogP contribution < -0.4 is 4.90 Å². The molecule has 0 saturated heterocycles. The first-order chi connectivity index (χ1) is 59.3. The number of carbonyl (C=O) groups excluding carboxylic acids is 1. The predicted octanol–water partition coefficient (Wildman–Crippen LogP) is 26.1. The maximum atomic E-state index is 10.0. The Bertz CT molecular complexity index is 7060. The number of para-hydroxylation sites is 7. The number of allylic oxidation sites excluding steroid dienone is 4. The average molecular weight is 2540 g/mol. The van der Waals surface area contributed by atoms with Crippen molar-refractivity contribution in [2.75, 3.05) is 4.90 Å². The molecule has 0 spiro atoms. The zero-order valence-corrected chi connectivity index (χ0v) is 80.7. The second kappa shape index (κ2) is 44.6. The van der Waals surface area contributed by atoms with Gasteiger partial charge in [0, 0.05) is 151 Å². The van der Waals surface area contributed by atoms with Crippen molar-refractivity contribution in [2.45, 2.75) is 25.9 Å². The number of carbonyl (C=O) groups is 1. The Morgan fingerprint density at radius 3 is 1.38 bits per heavy atom. The normalized spacial score (nSPS) is 12.6. The van der Waals surface area contributed by atoms with E-state index in [1.54, 1.807) is 6.20 Å². The van der Waals surface area contributed by atoms with Gasteiger partial charge in [-0.3, -0.25) is 14.8 Å².